The highest BCUT2D eigenvalue weighted by molar-refractivity contribution is 9.10. The third-order valence-corrected chi connectivity index (χ3v) is 5.44. The number of alkyl halides is 1. The average molecular weight is 354 g/mol. The molecule has 0 aliphatic heterocycles. The Bertz CT molecular complexity index is 507. The van der Waals surface area contributed by atoms with Gasteiger partial charge in [-0.05, 0) is 40.0 Å². The van der Waals surface area contributed by atoms with Crippen LogP contribution < -0.4 is 0 Å². The summed E-state index contributed by atoms with van der Waals surface area (Å²) in [6.45, 7) is 0. The zero-order valence-corrected chi connectivity index (χ0v) is 12.5. The lowest BCUT2D eigenvalue weighted by Crippen LogP contribution is -1.96. The highest BCUT2D eigenvalue weighted by Gasteiger charge is 2.15. The van der Waals surface area contributed by atoms with E-state index in [-0.39, 0.29) is 11.2 Å². The van der Waals surface area contributed by atoms with E-state index in [0.717, 1.165) is 9.35 Å². The monoisotopic (exact) mass is 352 g/mol. The minimum atomic E-state index is -0.263. The molecule has 0 saturated heterocycles. The van der Waals surface area contributed by atoms with Crippen molar-refractivity contribution in [2.24, 2.45) is 0 Å². The van der Waals surface area contributed by atoms with Crippen LogP contribution in [-0.4, -0.2) is 0 Å². The van der Waals surface area contributed by atoms with Gasteiger partial charge in [0, 0.05) is 9.35 Å². The second kappa shape index (κ2) is 5.70. The van der Waals surface area contributed by atoms with E-state index >= 15 is 0 Å². The van der Waals surface area contributed by atoms with Crippen molar-refractivity contribution in [2.75, 3.05) is 0 Å². The molecular weight excluding hydrogens is 346 g/mol. The first kappa shape index (κ1) is 13.3. The number of hydrogen-bond donors (Lipinski definition) is 0. The van der Waals surface area contributed by atoms with E-state index in [4.69, 9.17) is 23.2 Å². The van der Waals surface area contributed by atoms with Crippen molar-refractivity contribution < 1.29 is 4.39 Å². The van der Waals surface area contributed by atoms with Crippen LogP contribution in [0.3, 0.4) is 0 Å². The van der Waals surface area contributed by atoms with E-state index in [0.29, 0.717) is 16.3 Å². The molecule has 0 amide bonds. The molecule has 0 spiro atoms. The van der Waals surface area contributed by atoms with Gasteiger partial charge in [-0.2, -0.15) is 0 Å². The summed E-state index contributed by atoms with van der Waals surface area (Å²) >= 11 is 17.0. The highest BCUT2D eigenvalue weighted by atomic mass is 79.9. The van der Waals surface area contributed by atoms with Gasteiger partial charge in [0.25, 0.3) is 0 Å². The molecule has 1 heterocycles. The second-order valence-corrected chi connectivity index (χ2v) is 6.60. The predicted molar refractivity (Wildman–Crippen MR) is 75.7 cm³/mol. The predicted octanol–water partition coefficient (Wildman–Crippen LogP) is 5.83. The van der Waals surface area contributed by atoms with Crippen molar-refractivity contribution in [2.45, 2.75) is 11.8 Å². The van der Waals surface area contributed by atoms with Crippen LogP contribution in [0.1, 0.15) is 15.8 Å². The van der Waals surface area contributed by atoms with Crippen LogP contribution in [0, 0.1) is 5.82 Å². The number of thiophene rings is 1. The Morgan fingerprint density at radius 2 is 2.06 bits per heavy atom. The van der Waals surface area contributed by atoms with Crippen molar-refractivity contribution in [1.82, 2.24) is 0 Å². The van der Waals surface area contributed by atoms with Gasteiger partial charge in [-0.3, -0.25) is 0 Å². The fraction of sp³-hybridized carbons (Fsp3) is 0.167. The fourth-order valence-electron chi connectivity index (χ4n) is 1.48. The fourth-order valence-corrected chi connectivity index (χ4v) is 3.55. The van der Waals surface area contributed by atoms with Gasteiger partial charge in [0.2, 0.25) is 0 Å². The van der Waals surface area contributed by atoms with Gasteiger partial charge in [-0.1, -0.05) is 29.8 Å². The Balaban J connectivity index is 2.17. The second-order valence-electron chi connectivity index (χ2n) is 3.53. The van der Waals surface area contributed by atoms with Crippen molar-refractivity contribution in [3.05, 3.63) is 55.4 Å². The van der Waals surface area contributed by atoms with E-state index in [1.165, 1.54) is 17.4 Å². The molecule has 1 atom stereocenters. The topological polar surface area (TPSA) is 0 Å². The molecule has 0 N–H and O–H groups in total. The molecule has 2 rings (SSSR count). The average Bonchev–Trinajstić information content (AvgIpc) is 2.63. The molecule has 1 aromatic carbocycles. The molecule has 0 bridgehead atoms. The van der Waals surface area contributed by atoms with E-state index in [1.807, 2.05) is 6.07 Å². The lowest BCUT2D eigenvalue weighted by atomic mass is 10.1. The Morgan fingerprint density at radius 1 is 1.35 bits per heavy atom. The van der Waals surface area contributed by atoms with E-state index in [9.17, 15) is 4.39 Å². The zero-order valence-electron chi connectivity index (χ0n) is 8.59. The molecule has 1 unspecified atom stereocenters. The molecule has 5 heteroatoms. The van der Waals surface area contributed by atoms with E-state index in [1.54, 1.807) is 18.2 Å². The first-order valence-electron chi connectivity index (χ1n) is 4.90. The number of hydrogen-bond acceptors (Lipinski definition) is 1. The Labute approximate surface area is 121 Å². The summed E-state index contributed by atoms with van der Waals surface area (Å²) in [4.78, 5) is 0.937. The van der Waals surface area contributed by atoms with Crippen LogP contribution in [-0.2, 0) is 6.42 Å². The lowest BCUT2D eigenvalue weighted by Gasteiger charge is -2.07. The van der Waals surface area contributed by atoms with Gasteiger partial charge in [-0.25, -0.2) is 4.39 Å². The molecule has 0 nitrogen and oxygen atoms in total. The Morgan fingerprint density at radius 3 is 2.65 bits per heavy atom. The van der Waals surface area contributed by atoms with Crippen LogP contribution in [0.5, 0.6) is 0 Å². The van der Waals surface area contributed by atoms with E-state index < -0.39 is 0 Å². The summed E-state index contributed by atoms with van der Waals surface area (Å²) < 4.78 is 15.0. The smallest absolute Gasteiger partial charge is 0.126 e. The Hall–Kier alpha value is -0.0900. The molecular formula is C12H8BrCl2FS. The van der Waals surface area contributed by atoms with Crippen molar-refractivity contribution in [3.63, 3.8) is 0 Å². The van der Waals surface area contributed by atoms with Crippen molar-refractivity contribution in [1.29, 1.82) is 0 Å². The van der Waals surface area contributed by atoms with Gasteiger partial charge in [0.05, 0.1) is 5.38 Å². The molecule has 0 aliphatic carbocycles. The van der Waals surface area contributed by atoms with Crippen molar-refractivity contribution in [3.8, 4) is 0 Å². The summed E-state index contributed by atoms with van der Waals surface area (Å²) in [5.74, 6) is -0.222. The number of benzene rings is 1. The molecule has 90 valence electrons. The summed E-state index contributed by atoms with van der Waals surface area (Å²) in [7, 11) is 0. The molecule has 0 aliphatic rings. The van der Waals surface area contributed by atoms with E-state index in [2.05, 4.69) is 15.9 Å². The van der Waals surface area contributed by atoms with Gasteiger partial charge >= 0.3 is 0 Å². The third-order valence-electron chi connectivity index (χ3n) is 2.33. The lowest BCUT2D eigenvalue weighted by molar-refractivity contribution is 0.607. The van der Waals surface area contributed by atoms with Crippen LogP contribution in [0.15, 0.2) is 34.8 Å². The summed E-state index contributed by atoms with van der Waals surface area (Å²) in [6.07, 6.45) is 0.456. The molecule has 1 aromatic heterocycles. The van der Waals surface area contributed by atoms with Crippen LogP contribution in [0.25, 0.3) is 0 Å². The Kier molecular flexibility index (Phi) is 4.47. The quantitative estimate of drug-likeness (QED) is 0.609. The first-order valence-corrected chi connectivity index (χ1v) is 7.32. The summed E-state index contributed by atoms with van der Waals surface area (Å²) in [5, 5.41) is -0.263. The van der Waals surface area contributed by atoms with Crippen LogP contribution in [0.2, 0.25) is 4.34 Å². The SMILES string of the molecule is Fc1ccccc1CC(Cl)c1cc(Br)c(Cl)s1. The van der Waals surface area contributed by atoms with Gasteiger partial charge in [-0.15, -0.1) is 22.9 Å². The van der Waals surface area contributed by atoms with Gasteiger partial charge < -0.3 is 0 Å². The summed E-state index contributed by atoms with van der Waals surface area (Å²) in [6, 6.07) is 8.54. The molecule has 2 aromatic rings. The standard InChI is InChI=1S/C12H8BrCl2FS/c13-8-6-11(17-12(8)15)9(14)5-7-3-1-2-4-10(7)16/h1-4,6,9H,5H2. The number of rotatable bonds is 3. The van der Waals surface area contributed by atoms with Crippen molar-refractivity contribution >= 4 is 50.5 Å². The normalized spacial score (nSPS) is 12.7. The zero-order chi connectivity index (χ0) is 12.4. The maximum Gasteiger partial charge on any atom is 0.126 e. The van der Waals surface area contributed by atoms with Gasteiger partial charge in [0.1, 0.15) is 10.2 Å². The van der Waals surface area contributed by atoms with Crippen LogP contribution in [0.4, 0.5) is 4.39 Å². The van der Waals surface area contributed by atoms with Crippen LogP contribution >= 0.6 is 50.5 Å². The largest absolute Gasteiger partial charge is 0.207 e. The molecule has 0 fully saturated rings. The summed E-state index contributed by atoms with van der Waals surface area (Å²) in [5.41, 5.74) is 0.619. The minimum Gasteiger partial charge on any atom is -0.207 e. The first-order chi connectivity index (χ1) is 8.08. The van der Waals surface area contributed by atoms with Gasteiger partial charge in [0.15, 0.2) is 0 Å². The third kappa shape index (κ3) is 3.22. The minimum absolute atomic E-state index is 0.222. The number of halogens is 4. The molecule has 0 saturated carbocycles. The molecule has 17 heavy (non-hydrogen) atoms. The highest BCUT2D eigenvalue weighted by Crippen LogP contribution is 2.38. The maximum absolute atomic E-state index is 13.5. The molecule has 0 radical (unpaired) electrons. The maximum atomic E-state index is 13.5.